The molecule has 1 aromatic carbocycles. The van der Waals surface area contributed by atoms with Crippen molar-refractivity contribution in [2.24, 2.45) is 0 Å². The first kappa shape index (κ1) is 14.1. The summed E-state index contributed by atoms with van der Waals surface area (Å²) in [6.45, 7) is -0.124. The molecule has 0 aliphatic rings. The molecule has 0 amide bonds. The van der Waals surface area contributed by atoms with Gasteiger partial charge >= 0.3 is 5.97 Å². The van der Waals surface area contributed by atoms with Crippen molar-refractivity contribution in [1.82, 2.24) is 5.32 Å². The van der Waals surface area contributed by atoms with E-state index < -0.39 is 15.8 Å². The molecule has 7 heteroatoms. The molecule has 0 aliphatic carbocycles. The van der Waals surface area contributed by atoms with Gasteiger partial charge in [-0.2, -0.15) is 0 Å². The molecule has 0 saturated carbocycles. The first-order valence-electron chi connectivity index (χ1n) is 4.82. The van der Waals surface area contributed by atoms with Crippen LogP contribution in [0.4, 0.5) is 0 Å². The maximum atomic E-state index is 11.8. The number of nitrogens with one attached hydrogen (secondary N) is 1. The Bertz CT molecular complexity index is 484. The standard InChI is InChI=1S/C10H12BrNO4S/c11-8-1-3-9(4-2-8)17(15,16)6-5-12-7-10(13)14/h1-4,12H,5-7H2,(H,13,14). The Balaban J connectivity index is 2.57. The van der Waals surface area contributed by atoms with Gasteiger partial charge in [-0.15, -0.1) is 0 Å². The Kier molecular flexibility index (Phi) is 5.10. The van der Waals surface area contributed by atoms with E-state index in [9.17, 15) is 13.2 Å². The molecule has 1 rings (SSSR count). The van der Waals surface area contributed by atoms with Gasteiger partial charge in [0.05, 0.1) is 17.2 Å². The van der Waals surface area contributed by atoms with Gasteiger partial charge in [-0.25, -0.2) is 8.42 Å². The number of carboxylic acids is 1. The lowest BCUT2D eigenvalue weighted by atomic mass is 10.4. The Labute approximate surface area is 108 Å². The molecule has 0 radical (unpaired) electrons. The highest BCUT2D eigenvalue weighted by molar-refractivity contribution is 9.10. The minimum Gasteiger partial charge on any atom is -0.480 e. The first-order valence-corrected chi connectivity index (χ1v) is 7.27. The van der Waals surface area contributed by atoms with Gasteiger partial charge in [0.25, 0.3) is 0 Å². The highest BCUT2D eigenvalue weighted by atomic mass is 79.9. The monoisotopic (exact) mass is 321 g/mol. The molecule has 0 atom stereocenters. The van der Waals surface area contributed by atoms with Crippen molar-refractivity contribution in [2.45, 2.75) is 4.90 Å². The van der Waals surface area contributed by atoms with Gasteiger partial charge in [0.1, 0.15) is 0 Å². The lowest BCUT2D eigenvalue weighted by molar-refractivity contribution is -0.135. The highest BCUT2D eigenvalue weighted by Crippen LogP contribution is 2.15. The van der Waals surface area contributed by atoms with Crippen LogP contribution in [-0.2, 0) is 14.6 Å². The van der Waals surface area contributed by atoms with Gasteiger partial charge in [0.15, 0.2) is 9.84 Å². The van der Waals surface area contributed by atoms with Gasteiger partial charge in [-0.1, -0.05) is 15.9 Å². The van der Waals surface area contributed by atoms with Gasteiger partial charge in [-0.3, -0.25) is 4.79 Å². The molecule has 0 saturated heterocycles. The SMILES string of the molecule is O=C(O)CNCCS(=O)(=O)c1ccc(Br)cc1. The van der Waals surface area contributed by atoms with Crippen LogP contribution in [0.1, 0.15) is 0 Å². The number of aliphatic carboxylic acids is 1. The second-order valence-corrected chi connectivity index (χ2v) is 6.37. The molecule has 0 aromatic heterocycles. The number of carboxylic acid groups (broad SMARTS) is 1. The molecule has 0 heterocycles. The van der Waals surface area contributed by atoms with Crippen molar-refractivity contribution < 1.29 is 18.3 Å². The summed E-state index contributed by atoms with van der Waals surface area (Å²) in [6.07, 6.45) is 0. The molecule has 0 fully saturated rings. The van der Waals surface area contributed by atoms with E-state index in [0.717, 1.165) is 4.47 Å². The van der Waals surface area contributed by atoms with E-state index in [2.05, 4.69) is 21.2 Å². The molecule has 2 N–H and O–H groups in total. The van der Waals surface area contributed by atoms with E-state index in [-0.39, 0.29) is 23.7 Å². The Morgan fingerprint density at radius 2 is 1.88 bits per heavy atom. The summed E-state index contributed by atoms with van der Waals surface area (Å²) in [5.41, 5.74) is 0. The van der Waals surface area contributed by atoms with Crippen LogP contribution in [0.3, 0.4) is 0 Å². The Morgan fingerprint density at radius 1 is 1.29 bits per heavy atom. The van der Waals surface area contributed by atoms with E-state index in [1.165, 1.54) is 12.1 Å². The smallest absolute Gasteiger partial charge is 0.317 e. The molecule has 1 aromatic rings. The summed E-state index contributed by atoms with van der Waals surface area (Å²) in [7, 11) is -3.35. The highest BCUT2D eigenvalue weighted by Gasteiger charge is 2.13. The molecular weight excluding hydrogens is 310 g/mol. The zero-order valence-electron chi connectivity index (χ0n) is 8.89. The van der Waals surface area contributed by atoms with Crippen LogP contribution in [0.15, 0.2) is 33.6 Å². The molecule has 0 spiro atoms. The maximum absolute atomic E-state index is 11.8. The molecule has 94 valence electrons. The molecule has 0 unspecified atom stereocenters. The third-order valence-corrected chi connectivity index (χ3v) is 4.26. The van der Waals surface area contributed by atoms with Gasteiger partial charge in [-0.05, 0) is 24.3 Å². The summed E-state index contributed by atoms with van der Waals surface area (Å²) in [5.74, 6) is -1.13. The first-order chi connectivity index (χ1) is 7.92. The second kappa shape index (κ2) is 6.13. The fraction of sp³-hybridized carbons (Fsp3) is 0.300. The van der Waals surface area contributed by atoms with Crippen LogP contribution in [0.2, 0.25) is 0 Å². The van der Waals surface area contributed by atoms with E-state index in [4.69, 9.17) is 5.11 Å². The van der Waals surface area contributed by atoms with Crippen molar-refractivity contribution >= 4 is 31.7 Å². The number of benzene rings is 1. The lowest BCUT2D eigenvalue weighted by Gasteiger charge is -2.05. The quantitative estimate of drug-likeness (QED) is 0.760. The predicted molar refractivity (Wildman–Crippen MR) is 66.7 cm³/mol. The van der Waals surface area contributed by atoms with Crippen LogP contribution in [0, 0.1) is 0 Å². The number of carbonyl (C=O) groups is 1. The summed E-state index contributed by atoms with van der Waals surface area (Å²) in [4.78, 5) is 10.4. The number of halogens is 1. The summed E-state index contributed by atoms with van der Waals surface area (Å²) in [5, 5.41) is 10.9. The fourth-order valence-electron chi connectivity index (χ4n) is 1.16. The van der Waals surface area contributed by atoms with Crippen molar-refractivity contribution in [3.05, 3.63) is 28.7 Å². The van der Waals surface area contributed by atoms with E-state index in [1.54, 1.807) is 12.1 Å². The van der Waals surface area contributed by atoms with Crippen molar-refractivity contribution in [3.8, 4) is 0 Å². The van der Waals surface area contributed by atoms with Crippen LogP contribution in [-0.4, -0.2) is 38.3 Å². The van der Waals surface area contributed by atoms with Gasteiger partial charge < -0.3 is 10.4 Å². The third kappa shape index (κ3) is 4.84. The largest absolute Gasteiger partial charge is 0.480 e. The van der Waals surface area contributed by atoms with E-state index >= 15 is 0 Å². The lowest BCUT2D eigenvalue weighted by Crippen LogP contribution is -2.28. The normalized spacial score (nSPS) is 11.4. The topological polar surface area (TPSA) is 83.5 Å². The third-order valence-electron chi connectivity index (χ3n) is 2.00. The Morgan fingerprint density at radius 3 is 2.41 bits per heavy atom. The summed E-state index contributed by atoms with van der Waals surface area (Å²) < 4.78 is 24.4. The molecule has 17 heavy (non-hydrogen) atoms. The van der Waals surface area contributed by atoms with Crippen molar-refractivity contribution in [1.29, 1.82) is 0 Å². The van der Waals surface area contributed by atoms with Crippen LogP contribution in [0.25, 0.3) is 0 Å². The Hall–Kier alpha value is -0.920. The number of sulfone groups is 1. The fourth-order valence-corrected chi connectivity index (χ4v) is 2.63. The minimum absolute atomic E-state index is 0.116. The molecule has 0 bridgehead atoms. The van der Waals surface area contributed by atoms with Gasteiger partial charge in [0, 0.05) is 11.0 Å². The summed E-state index contributed by atoms with van der Waals surface area (Å²) in [6, 6.07) is 6.32. The molecule has 0 aliphatic heterocycles. The van der Waals surface area contributed by atoms with Crippen LogP contribution < -0.4 is 5.32 Å². The van der Waals surface area contributed by atoms with Crippen molar-refractivity contribution in [2.75, 3.05) is 18.8 Å². The number of rotatable bonds is 6. The average Bonchev–Trinajstić information content (AvgIpc) is 2.25. The average molecular weight is 322 g/mol. The molecule has 5 nitrogen and oxygen atoms in total. The zero-order chi connectivity index (χ0) is 12.9. The van der Waals surface area contributed by atoms with Crippen LogP contribution in [0.5, 0.6) is 0 Å². The second-order valence-electron chi connectivity index (χ2n) is 3.34. The summed E-state index contributed by atoms with van der Waals surface area (Å²) >= 11 is 3.22. The molecular formula is C10H12BrNO4S. The maximum Gasteiger partial charge on any atom is 0.317 e. The van der Waals surface area contributed by atoms with Gasteiger partial charge in [0.2, 0.25) is 0 Å². The van der Waals surface area contributed by atoms with Crippen LogP contribution >= 0.6 is 15.9 Å². The minimum atomic E-state index is -3.35. The number of hydrogen-bond donors (Lipinski definition) is 2. The van der Waals surface area contributed by atoms with Crippen molar-refractivity contribution in [3.63, 3.8) is 0 Å². The van der Waals surface area contributed by atoms with E-state index in [0.29, 0.717) is 0 Å². The predicted octanol–water partition coefficient (Wildman–Crippen LogP) is 0.897. The zero-order valence-corrected chi connectivity index (χ0v) is 11.3. The number of hydrogen-bond acceptors (Lipinski definition) is 4. The van der Waals surface area contributed by atoms with E-state index in [1.807, 2.05) is 0 Å².